The van der Waals surface area contributed by atoms with Crippen LogP contribution >= 0.6 is 22.9 Å². The highest BCUT2D eigenvalue weighted by Gasteiger charge is 2.25. The summed E-state index contributed by atoms with van der Waals surface area (Å²) >= 11 is 7.99. The molecule has 1 saturated heterocycles. The highest BCUT2D eigenvalue weighted by molar-refractivity contribution is 7.14. The number of rotatable bonds is 7. The number of carbonyl (C=O) groups excluding carboxylic acids is 1. The van der Waals surface area contributed by atoms with Gasteiger partial charge in [0.05, 0.1) is 30.4 Å². The van der Waals surface area contributed by atoms with E-state index in [1.165, 1.54) is 4.88 Å². The van der Waals surface area contributed by atoms with Crippen LogP contribution in [0.15, 0.2) is 42.5 Å². The molecule has 1 fully saturated rings. The van der Waals surface area contributed by atoms with Crippen molar-refractivity contribution in [2.24, 2.45) is 11.7 Å². The maximum Gasteiger partial charge on any atom is 0.228 e. The maximum absolute atomic E-state index is 13.2. The average Bonchev–Trinajstić information content (AvgIpc) is 3.51. The number of methoxy groups -OCH3 is 1. The van der Waals surface area contributed by atoms with Crippen molar-refractivity contribution in [1.29, 1.82) is 0 Å². The van der Waals surface area contributed by atoms with E-state index in [4.69, 9.17) is 32.2 Å². The molecule has 37 heavy (non-hydrogen) atoms. The van der Waals surface area contributed by atoms with Crippen LogP contribution in [0.25, 0.3) is 27.3 Å². The summed E-state index contributed by atoms with van der Waals surface area (Å²) in [5.41, 5.74) is 9.35. The van der Waals surface area contributed by atoms with E-state index in [2.05, 4.69) is 13.8 Å². The lowest BCUT2D eigenvalue weighted by Crippen LogP contribution is -2.40. The maximum atomic E-state index is 13.2. The Morgan fingerprint density at radius 2 is 2.00 bits per heavy atom. The Bertz CT molecular complexity index is 1420. The van der Waals surface area contributed by atoms with E-state index in [0.717, 1.165) is 59.0 Å². The molecule has 0 bridgehead atoms. The lowest BCUT2D eigenvalue weighted by molar-refractivity contribution is -0.131. The molecule has 0 aliphatic carbocycles. The van der Waals surface area contributed by atoms with E-state index in [-0.39, 0.29) is 18.2 Å². The van der Waals surface area contributed by atoms with Crippen molar-refractivity contribution < 1.29 is 9.53 Å². The van der Waals surface area contributed by atoms with Crippen molar-refractivity contribution in [2.45, 2.75) is 39.0 Å². The number of ether oxygens (including phenoxy) is 1. The first-order valence-electron chi connectivity index (χ1n) is 12.7. The van der Waals surface area contributed by atoms with Gasteiger partial charge in [-0.1, -0.05) is 48.9 Å². The van der Waals surface area contributed by atoms with Gasteiger partial charge in [-0.25, -0.2) is 9.67 Å². The topological polar surface area (TPSA) is 86.3 Å². The first-order valence-corrected chi connectivity index (χ1v) is 13.9. The van der Waals surface area contributed by atoms with Crippen molar-refractivity contribution in [3.8, 4) is 22.1 Å². The number of amides is 1. The minimum Gasteiger partial charge on any atom is -0.497 e. The second kappa shape index (κ2) is 10.8. The molecule has 2 N–H and O–H groups in total. The van der Waals surface area contributed by atoms with Gasteiger partial charge in [0.1, 0.15) is 5.75 Å². The van der Waals surface area contributed by atoms with Crippen molar-refractivity contribution in [1.82, 2.24) is 19.7 Å². The van der Waals surface area contributed by atoms with Gasteiger partial charge in [0, 0.05) is 33.9 Å². The number of carbonyl (C=O) groups is 1. The highest BCUT2D eigenvalue weighted by atomic mass is 35.5. The smallest absolute Gasteiger partial charge is 0.228 e. The zero-order valence-electron chi connectivity index (χ0n) is 21.4. The summed E-state index contributed by atoms with van der Waals surface area (Å²) in [6, 6.07) is 13.7. The molecule has 2 aromatic heterocycles. The Labute approximate surface area is 226 Å². The van der Waals surface area contributed by atoms with Crippen molar-refractivity contribution in [3.05, 3.63) is 58.1 Å². The molecule has 1 aliphatic heterocycles. The van der Waals surface area contributed by atoms with Gasteiger partial charge in [0.25, 0.3) is 0 Å². The summed E-state index contributed by atoms with van der Waals surface area (Å²) in [7, 11) is 1.67. The minimum atomic E-state index is 0.0843. The third-order valence-electron chi connectivity index (χ3n) is 7.03. The third kappa shape index (κ3) is 5.23. The summed E-state index contributed by atoms with van der Waals surface area (Å²) < 4.78 is 7.30. The molecule has 3 heterocycles. The monoisotopic (exact) mass is 537 g/mol. The van der Waals surface area contributed by atoms with Gasteiger partial charge in [-0.3, -0.25) is 4.79 Å². The van der Waals surface area contributed by atoms with E-state index in [0.29, 0.717) is 23.2 Å². The molecular formula is C28H32ClN5O2S. The Morgan fingerprint density at radius 3 is 2.70 bits per heavy atom. The number of hydrogen-bond acceptors (Lipinski definition) is 6. The fraction of sp³-hybridized carbons (Fsp3) is 0.393. The Morgan fingerprint density at radius 1 is 1.22 bits per heavy atom. The molecule has 0 atom stereocenters. The zero-order valence-corrected chi connectivity index (χ0v) is 23.0. The molecule has 9 heteroatoms. The summed E-state index contributed by atoms with van der Waals surface area (Å²) in [4.78, 5) is 21.4. The molecule has 2 aromatic carbocycles. The Balaban J connectivity index is 1.53. The average molecular weight is 538 g/mol. The number of benzene rings is 2. The van der Waals surface area contributed by atoms with Crippen molar-refractivity contribution in [3.63, 3.8) is 0 Å². The van der Waals surface area contributed by atoms with Gasteiger partial charge >= 0.3 is 0 Å². The number of thiazole rings is 1. The second-order valence-corrected chi connectivity index (χ2v) is 11.3. The number of likely N-dealkylation sites (tertiary alicyclic amines) is 1. The van der Waals surface area contributed by atoms with Gasteiger partial charge in [0.15, 0.2) is 0 Å². The van der Waals surface area contributed by atoms with Crippen LogP contribution in [-0.4, -0.2) is 52.3 Å². The molecule has 0 spiro atoms. The van der Waals surface area contributed by atoms with Crippen molar-refractivity contribution in [2.75, 3.05) is 26.7 Å². The van der Waals surface area contributed by atoms with Crippen LogP contribution < -0.4 is 10.5 Å². The molecular weight excluding hydrogens is 506 g/mol. The number of aromatic nitrogens is 3. The standard InChI is InChI=1S/C28H32ClN5O2S/c1-17(2)27-26(19-5-4-6-21(13-19)36-3)31-28(37-27)34-24-8-7-20(29)14-22(24)23(32-34)15-25(35)33-11-9-18(16-30)10-12-33/h4-8,13-14,17-18H,9-12,15-16,30H2,1-3H3. The molecule has 7 nitrogen and oxygen atoms in total. The van der Waals surface area contributed by atoms with Crippen LogP contribution in [0.1, 0.15) is 43.2 Å². The summed E-state index contributed by atoms with van der Waals surface area (Å²) in [5, 5.41) is 7.17. The zero-order chi connectivity index (χ0) is 26.1. The number of fused-ring (bicyclic) bond motifs is 1. The second-order valence-electron chi connectivity index (χ2n) is 9.85. The van der Waals surface area contributed by atoms with Gasteiger partial charge in [-0.15, -0.1) is 0 Å². The molecule has 194 valence electrons. The Hall–Kier alpha value is -2.94. The van der Waals surface area contributed by atoms with Gasteiger partial charge in [-0.05, 0) is 61.6 Å². The van der Waals surface area contributed by atoms with E-state index < -0.39 is 0 Å². The molecule has 0 saturated carbocycles. The fourth-order valence-electron chi connectivity index (χ4n) is 4.88. The largest absolute Gasteiger partial charge is 0.497 e. The first kappa shape index (κ1) is 25.7. The Kier molecular flexibility index (Phi) is 7.51. The summed E-state index contributed by atoms with van der Waals surface area (Å²) in [6.07, 6.45) is 2.13. The van der Waals surface area contributed by atoms with Crippen LogP contribution in [0.5, 0.6) is 5.75 Å². The molecule has 0 radical (unpaired) electrons. The number of halogens is 1. The molecule has 1 amide bonds. The third-order valence-corrected chi connectivity index (χ3v) is 8.60. The van der Waals surface area contributed by atoms with E-state index >= 15 is 0 Å². The number of nitrogens with two attached hydrogens (primary N) is 1. The van der Waals surface area contributed by atoms with Crippen LogP contribution in [0, 0.1) is 5.92 Å². The molecule has 1 aliphatic rings. The van der Waals surface area contributed by atoms with Crippen LogP contribution in [0.3, 0.4) is 0 Å². The summed E-state index contributed by atoms with van der Waals surface area (Å²) in [5.74, 6) is 1.65. The van der Waals surface area contributed by atoms with E-state index in [1.807, 2.05) is 52.0 Å². The molecule has 4 aromatic rings. The van der Waals surface area contributed by atoms with Crippen molar-refractivity contribution >= 4 is 39.7 Å². The predicted octanol–water partition coefficient (Wildman–Crippen LogP) is 5.67. The van der Waals surface area contributed by atoms with Gasteiger partial charge in [0.2, 0.25) is 11.0 Å². The summed E-state index contributed by atoms with van der Waals surface area (Å²) in [6.45, 7) is 6.50. The number of hydrogen-bond donors (Lipinski definition) is 1. The first-order chi connectivity index (χ1) is 17.9. The normalized spacial score (nSPS) is 14.6. The fourth-order valence-corrected chi connectivity index (χ4v) is 6.11. The number of piperidine rings is 1. The van der Waals surface area contributed by atoms with Gasteiger partial charge < -0.3 is 15.4 Å². The quantitative estimate of drug-likeness (QED) is 0.328. The molecule has 5 rings (SSSR count). The van der Waals surface area contributed by atoms with Gasteiger partial charge in [-0.2, -0.15) is 5.10 Å². The van der Waals surface area contributed by atoms with Crippen LogP contribution in [0.4, 0.5) is 0 Å². The number of nitrogens with zero attached hydrogens (tertiary/aromatic N) is 4. The highest BCUT2D eigenvalue weighted by Crippen LogP contribution is 2.38. The SMILES string of the molecule is COc1cccc(-c2nc(-n3nc(CC(=O)N4CCC(CN)CC4)c4cc(Cl)ccc43)sc2C(C)C)c1. The molecule has 0 unspecified atom stereocenters. The van der Waals surface area contributed by atoms with E-state index in [1.54, 1.807) is 18.4 Å². The minimum absolute atomic E-state index is 0.0843. The van der Waals surface area contributed by atoms with Crippen LogP contribution in [0.2, 0.25) is 5.02 Å². The lowest BCUT2D eigenvalue weighted by Gasteiger charge is -2.31. The van der Waals surface area contributed by atoms with E-state index in [9.17, 15) is 4.79 Å². The van der Waals surface area contributed by atoms with Crippen LogP contribution in [-0.2, 0) is 11.2 Å². The lowest BCUT2D eigenvalue weighted by atomic mass is 9.97. The predicted molar refractivity (Wildman–Crippen MR) is 150 cm³/mol.